The predicted molar refractivity (Wildman–Crippen MR) is 161 cm³/mol. The fraction of sp³-hybridized carbons (Fsp3) is 0.0909. The molecule has 0 saturated heterocycles. The van der Waals surface area contributed by atoms with Crippen molar-refractivity contribution in [3.8, 4) is 11.5 Å². The van der Waals surface area contributed by atoms with Crippen molar-refractivity contribution in [3.63, 3.8) is 0 Å². The van der Waals surface area contributed by atoms with E-state index in [1.807, 2.05) is 12.1 Å². The van der Waals surface area contributed by atoms with E-state index in [1.54, 1.807) is 14.2 Å². The Labute approximate surface area is 222 Å². The lowest BCUT2D eigenvalue weighted by molar-refractivity contribution is 0.417. The minimum atomic E-state index is -0.799. The fourth-order valence-electron chi connectivity index (χ4n) is 4.62. The molecule has 2 nitrogen and oxygen atoms in total. The van der Waals surface area contributed by atoms with Gasteiger partial charge in [0.05, 0.1) is 14.2 Å². The van der Waals surface area contributed by atoms with E-state index < -0.39 is 15.8 Å². The van der Waals surface area contributed by atoms with Crippen LogP contribution in [-0.2, 0) is 6.16 Å². The smallest absolute Gasteiger partial charge is 0.126 e. The molecule has 0 bridgehead atoms. The Morgan fingerprint density at radius 1 is 0.459 bits per heavy atom. The highest BCUT2D eigenvalue weighted by Crippen LogP contribution is 2.45. The first-order valence-electron chi connectivity index (χ1n) is 12.3. The van der Waals surface area contributed by atoms with Crippen LogP contribution in [0.3, 0.4) is 0 Å². The first-order valence-corrected chi connectivity index (χ1v) is 15.2. The Balaban J connectivity index is 1.67. The summed E-state index contributed by atoms with van der Waals surface area (Å²) in [5, 5.41) is 6.56. The molecule has 0 N–H and O–H groups in total. The van der Waals surface area contributed by atoms with Crippen LogP contribution in [0, 0.1) is 0 Å². The van der Waals surface area contributed by atoms with Gasteiger partial charge in [0, 0.05) is 16.8 Å². The van der Waals surface area contributed by atoms with Crippen molar-refractivity contribution >= 4 is 42.4 Å². The molecule has 0 aliphatic carbocycles. The molecule has 0 aliphatic heterocycles. The van der Waals surface area contributed by atoms with Gasteiger partial charge in [-0.15, -0.1) is 0 Å². The van der Waals surface area contributed by atoms with Gasteiger partial charge in [0.1, 0.15) is 11.5 Å². The Morgan fingerprint density at radius 2 is 0.865 bits per heavy atom. The summed E-state index contributed by atoms with van der Waals surface area (Å²) >= 11 is 0. The second kappa shape index (κ2) is 12.2. The van der Waals surface area contributed by atoms with Crippen molar-refractivity contribution in [2.75, 3.05) is 14.2 Å². The van der Waals surface area contributed by atoms with E-state index in [0.29, 0.717) is 0 Å². The van der Waals surface area contributed by atoms with Crippen LogP contribution in [0.2, 0.25) is 0 Å². The maximum absolute atomic E-state index is 5.85. The molecule has 5 rings (SSSR count). The first-order chi connectivity index (χ1) is 18.3. The van der Waals surface area contributed by atoms with Gasteiger partial charge < -0.3 is 9.47 Å². The molecule has 184 valence electrons. The molecule has 5 aromatic rings. The lowest BCUT2D eigenvalue weighted by Crippen LogP contribution is -2.24. The van der Waals surface area contributed by atoms with Crippen LogP contribution in [0.25, 0.3) is 0 Å². The topological polar surface area (TPSA) is 18.5 Å². The van der Waals surface area contributed by atoms with Gasteiger partial charge in [0.15, 0.2) is 0 Å². The summed E-state index contributed by atoms with van der Waals surface area (Å²) < 4.78 is 11.7. The van der Waals surface area contributed by atoms with Gasteiger partial charge in [0.25, 0.3) is 0 Å². The largest absolute Gasteiger partial charge is 0.496 e. The summed E-state index contributed by atoms with van der Waals surface area (Å²) in [4.78, 5) is 0. The lowest BCUT2D eigenvalue weighted by atomic mass is 10.2. The molecule has 4 heteroatoms. The number of methoxy groups -OCH3 is 2. The Hall–Kier alpha value is -3.44. The van der Waals surface area contributed by atoms with Gasteiger partial charge in [0.2, 0.25) is 0 Å². The van der Waals surface area contributed by atoms with Crippen LogP contribution in [0.15, 0.2) is 133 Å². The number of hydrogen-bond acceptors (Lipinski definition) is 2. The molecule has 0 saturated carbocycles. The molecule has 0 amide bonds. The number of rotatable bonds is 9. The van der Waals surface area contributed by atoms with E-state index in [-0.39, 0.29) is 0 Å². The maximum atomic E-state index is 5.85. The van der Waals surface area contributed by atoms with Gasteiger partial charge in [-0.2, -0.15) is 0 Å². The summed E-state index contributed by atoms with van der Waals surface area (Å²) in [6, 6.07) is 47.6. The van der Waals surface area contributed by atoms with Gasteiger partial charge in [-0.05, 0) is 49.5 Å². The molecule has 0 unspecified atom stereocenters. The summed E-state index contributed by atoms with van der Waals surface area (Å²) in [5.74, 6) is 1.84. The third kappa shape index (κ3) is 5.62. The minimum Gasteiger partial charge on any atom is -0.496 e. The number of para-hydroxylation sites is 2. The molecule has 0 radical (unpaired) electrons. The molecule has 0 aliphatic rings. The Bertz CT molecular complexity index is 1350. The molecule has 0 aromatic heterocycles. The summed E-state index contributed by atoms with van der Waals surface area (Å²) in [6.07, 6.45) is 0.894. The highest BCUT2D eigenvalue weighted by Gasteiger charge is 2.25. The zero-order valence-corrected chi connectivity index (χ0v) is 22.9. The van der Waals surface area contributed by atoms with Gasteiger partial charge in [-0.25, -0.2) is 0 Å². The third-order valence-electron chi connectivity index (χ3n) is 6.34. The standard InChI is InChI=1S/C33H30O2P2/c1-34-29-20-10-13-23-32(29)36(33-24-14-11-21-30(33)35-2)25-26-15-9-12-22-31(26)37(27-16-5-3-6-17-27)28-18-7-4-8-19-28/h3-24H,25H2,1-2H3. The monoisotopic (exact) mass is 520 g/mol. The molecule has 37 heavy (non-hydrogen) atoms. The van der Waals surface area contributed by atoms with Crippen LogP contribution in [-0.4, -0.2) is 14.2 Å². The predicted octanol–water partition coefficient (Wildman–Crippen LogP) is 6.09. The van der Waals surface area contributed by atoms with Crippen LogP contribution in [0.1, 0.15) is 5.56 Å². The molecule has 0 fully saturated rings. The summed E-state index contributed by atoms with van der Waals surface area (Å²) in [7, 11) is 2.00. The zero-order chi connectivity index (χ0) is 25.5. The summed E-state index contributed by atoms with van der Waals surface area (Å²) in [6.45, 7) is 0. The Kier molecular flexibility index (Phi) is 8.32. The molecule has 5 aromatic carbocycles. The SMILES string of the molecule is COc1ccccc1P(Cc1ccccc1P(c1ccccc1)c1ccccc1)c1ccccc1OC. The van der Waals surface area contributed by atoms with Gasteiger partial charge in [-0.3, -0.25) is 0 Å². The lowest BCUT2D eigenvalue weighted by Gasteiger charge is -2.26. The minimum absolute atomic E-state index is 0.710. The third-order valence-corrected chi connectivity index (χ3v) is 11.4. The molecule has 0 spiro atoms. The molecule has 0 heterocycles. The molecule has 0 atom stereocenters. The normalized spacial score (nSPS) is 11.0. The van der Waals surface area contributed by atoms with E-state index in [1.165, 1.54) is 32.1 Å². The van der Waals surface area contributed by atoms with Gasteiger partial charge in [-0.1, -0.05) is 121 Å². The quantitative estimate of drug-likeness (QED) is 0.219. The molecular weight excluding hydrogens is 490 g/mol. The van der Waals surface area contributed by atoms with Crippen LogP contribution in [0.4, 0.5) is 0 Å². The van der Waals surface area contributed by atoms with E-state index in [2.05, 4.69) is 121 Å². The van der Waals surface area contributed by atoms with Crippen molar-refractivity contribution in [2.45, 2.75) is 6.16 Å². The van der Waals surface area contributed by atoms with Crippen molar-refractivity contribution in [2.24, 2.45) is 0 Å². The van der Waals surface area contributed by atoms with Crippen molar-refractivity contribution < 1.29 is 9.47 Å². The van der Waals surface area contributed by atoms with Crippen molar-refractivity contribution in [3.05, 3.63) is 139 Å². The second-order valence-corrected chi connectivity index (χ2v) is 12.9. The van der Waals surface area contributed by atoms with E-state index in [9.17, 15) is 0 Å². The highest BCUT2D eigenvalue weighted by molar-refractivity contribution is 7.80. The van der Waals surface area contributed by atoms with Crippen LogP contribution >= 0.6 is 15.8 Å². The summed E-state index contributed by atoms with van der Waals surface area (Å²) in [5.41, 5.74) is 1.37. The van der Waals surface area contributed by atoms with Crippen molar-refractivity contribution in [1.82, 2.24) is 0 Å². The number of benzene rings is 5. The van der Waals surface area contributed by atoms with Crippen LogP contribution in [0.5, 0.6) is 11.5 Å². The number of ether oxygens (including phenoxy) is 2. The average molecular weight is 521 g/mol. The average Bonchev–Trinajstić information content (AvgIpc) is 2.98. The first kappa shape index (κ1) is 25.2. The Morgan fingerprint density at radius 3 is 1.35 bits per heavy atom. The van der Waals surface area contributed by atoms with Crippen molar-refractivity contribution in [1.29, 1.82) is 0 Å². The fourth-order valence-corrected chi connectivity index (χ4v) is 9.83. The van der Waals surface area contributed by atoms with E-state index in [0.717, 1.165) is 17.7 Å². The van der Waals surface area contributed by atoms with E-state index in [4.69, 9.17) is 9.47 Å². The van der Waals surface area contributed by atoms with Crippen LogP contribution < -0.4 is 36.0 Å². The zero-order valence-electron chi connectivity index (χ0n) is 21.1. The van der Waals surface area contributed by atoms with E-state index >= 15 is 0 Å². The molecular formula is C33H30O2P2. The highest BCUT2D eigenvalue weighted by atomic mass is 31.1. The van der Waals surface area contributed by atoms with Gasteiger partial charge >= 0.3 is 0 Å². The second-order valence-electron chi connectivity index (χ2n) is 8.57. The maximum Gasteiger partial charge on any atom is 0.126 e. The number of hydrogen-bond donors (Lipinski definition) is 0.